The third-order valence-electron chi connectivity index (χ3n) is 5.22. The Kier molecular flexibility index (Phi) is 4.16. The lowest BCUT2D eigenvalue weighted by molar-refractivity contribution is 0.475. The first-order chi connectivity index (χ1) is 14.2. The predicted octanol–water partition coefficient (Wildman–Crippen LogP) is 2.14. The number of H-pyrrole nitrogens is 1. The van der Waals surface area contributed by atoms with Gasteiger partial charge in [-0.15, -0.1) is 0 Å². The van der Waals surface area contributed by atoms with Crippen LogP contribution < -0.4 is 15.4 Å². The second-order valence-electron chi connectivity index (χ2n) is 7.01. The van der Waals surface area contributed by atoms with Crippen LogP contribution in [0.2, 0.25) is 0 Å². The molecule has 0 aliphatic carbocycles. The number of piperazine rings is 1. The van der Waals surface area contributed by atoms with Crippen LogP contribution in [0.4, 0.5) is 11.6 Å². The molecule has 29 heavy (non-hydrogen) atoms. The predicted molar refractivity (Wildman–Crippen MR) is 112 cm³/mol. The van der Waals surface area contributed by atoms with E-state index in [4.69, 9.17) is 4.98 Å². The quantitative estimate of drug-likeness (QED) is 0.559. The van der Waals surface area contributed by atoms with Gasteiger partial charge in [-0.3, -0.25) is 9.78 Å². The minimum absolute atomic E-state index is 0.187. The molecule has 1 aliphatic rings. The molecule has 146 valence electrons. The number of fused-ring (bicyclic) bond motifs is 1. The lowest BCUT2D eigenvalue weighted by Gasteiger charge is -2.36. The van der Waals surface area contributed by atoms with E-state index in [0.717, 1.165) is 37.6 Å². The third kappa shape index (κ3) is 3.18. The van der Waals surface area contributed by atoms with Gasteiger partial charge in [0.1, 0.15) is 11.1 Å². The first kappa shape index (κ1) is 17.3. The molecule has 2 aromatic carbocycles. The Morgan fingerprint density at radius 2 is 1.55 bits per heavy atom. The number of aromatic hydroxyl groups is 1. The first-order valence-corrected chi connectivity index (χ1v) is 9.51. The molecule has 2 aromatic heterocycles. The Morgan fingerprint density at radius 1 is 0.862 bits per heavy atom. The zero-order chi connectivity index (χ0) is 19.8. The van der Waals surface area contributed by atoms with Crippen molar-refractivity contribution in [2.24, 2.45) is 0 Å². The molecule has 8 heteroatoms. The molecule has 1 saturated heterocycles. The number of hydrogen-bond donors (Lipinski definition) is 2. The summed E-state index contributed by atoms with van der Waals surface area (Å²) in [6.45, 7) is 3.05. The smallest absolute Gasteiger partial charge is 0.263 e. The Balaban J connectivity index is 1.42. The van der Waals surface area contributed by atoms with E-state index >= 15 is 0 Å². The molecule has 0 radical (unpaired) electrons. The van der Waals surface area contributed by atoms with E-state index in [1.165, 1.54) is 0 Å². The average Bonchev–Trinajstić information content (AvgIpc) is 3.20. The third-order valence-corrected chi connectivity index (χ3v) is 5.22. The molecule has 0 amide bonds. The lowest BCUT2D eigenvalue weighted by Crippen LogP contribution is -2.47. The van der Waals surface area contributed by atoms with Gasteiger partial charge in [0.2, 0.25) is 5.95 Å². The average molecular weight is 388 g/mol. The highest BCUT2D eigenvalue weighted by molar-refractivity contribution is 5.76. The summed E-state index contributed by atoms with van der Waals surface area (Å²) in [5, 5.41) is 14.3. The van der Waals surface area contributed by atoms with Crippen LogP contribution in [0.5, 0.6) is 5.75 Å². The van der Waals surface area contributed by atoms with Crippen molar-refractivity contribution < 1.29 is 5.11 Å². The zero-order valence-electron chi connectivity index (χ0n) is 15.7. The highest BCUT2D eigenvalue weighted by Gasteiger charge is 2.21. The van der Waals surface area contributed by atoms with Crippen molar-refractivity contribution in [2.45, 2.75) is 0 Å². The highest BCUT2D eigenvalue weighted by atomic mass is 16.3. The normalized spacial score (nSPS) is 14.5. The van der Waals surface area contributed by atoms with Gasteiger partial charge in [0.05, 0.1) is 11.9 Å². The number of para-hydroxylation sites is 1. The largest absolute Gasteiger partial charge is 0.508 e. The number of nitrogens with one attached hydrogen (secondary N) is 1. The molecule has 2 N–H and O–H groups in total. The topological polar surface area (TPSA) is 90.3 Å². The van der Waals surface area contributed by atoms with Gasteiger partial charge >= 0.3 is 0 Å². The van der Waals surface area contributed by atoms with Gasteiger partial charge in [0.25, 0.3) is 5.56 Å². The van der Waals surface area contributed by atoms with Crippen LogP contribution in [-0.2, 0) is 0 Å². The summed E-state index contributed by atoms with van der Waals surface area (Å²) in [7, 11) is 0. The molecule has 0 unspecified atom stereocenters. The SMILES string of the molecule is O=c1[nH]c(N2CCN(c3ccc(O)cc3)CC2)nc2c1cnn2-c1ccccc1. The number of phenols is 1. The zero-order valence-corrected chi connectivity index (χ0v) is 15.7. The molecule has 5 rings (SSSR count). The van der Waals surface area contributed by atoms with Gasteiger partial charge in [-0.05, 0) is 36.4 Å². The van der Waals surface area contributed by atoms with E-state index in [0.29, 0.717) is 17.0 Å². The maximum absolute atomic E-state index is 12.6. The van der Waals surface area contributed by atoms with Gasteiger partial charge < -0.3 is 14.9 Å². The number of benzene rings is 2. The van der Waals surface area contributed by atoms with Crippen molar-refractivity contribution in [3.63, 3.8) is 0 Å². The molecule has 0 saturated carbocycles. The summed E-state index contributed by atoms with van der Waals surface area (Å²) < 4.78 is 1.70. The van der Waals surface area contributed by atoms with Crippen molar-refractivity contribution in [3.05, 3.63) is 71.1 Å². The maximum atomic E-state index is 12.6. The van der Waals surface area contributed by atoms with Crippen LogP contribution in [0.1, 0.15) is 0 Å². The van der Waals surface area contributed by atoms with Gasteiger partial charge in [0.15, 0.2) is 5.65 Å². The van der Waals surface area contributed by atoms with Crippen LogP contribution in [-0.4, -0.2) is 51.0 Å². The van der Waals surface area contributed by atoms with Crippen LogP contribution >= 0.6 is 0 Å². The molecular formula is C21H20N6O2. The van der Waals surface area contributed by atoms with Gasteiger partial charge in [-0.1, -0.05) is 18.2 Å². The molecule has 1 aliphatic heterocycles. The molecule has 1 fully saturated rings. The van der Waals surface area contributed by atoms with E-state index in [-0.39, 0.29) is 11.3 Å². The van der Waals surface area contributed by atoms with Gasteiger partial charge in [-0.25, -0.2) is 4.68 Å². The van der Waals surface area contributed by atoms with Crippen LogP contribution in [0.15, 0.2) is 65.6 Å². The maximum Gasteiger partial charge on any atom is 0.263 e. The van der Waals surface area contributed by atoms with Gasteiger partial charge in [0, 0.05) is 31.9 Å². The molecule has 0 atom stereocenters. The summed E-state index contributed by atoms with van der Waals surface area (Å²) >= 11 is 0. The Hall–Kier alpha value is -3.81. The Morgan fingerprint density at radius 3 is 2.28 bits per heavy atom. The van der Waals surface area contributed by atoms with Crippen LogP contribution in [0, 0.1) is 0 Å². The molecule has 0 spiro atoms. The van der Waals surface area contributed by atoms with E-state index in [1.807, 2.05) is 42.5 Å². The molecule has 0 bridgehead atoms. The minimum Gasteiger partial charge on any atom is -0.508 e. The number of nitrogens with zero attached hydrogens (tertiary/aromatic N) is 5. The van der Waals surface area contributed by atoms with Crippen LogP contribution in [0.3, 0.4) is 0 Å². The van der Waals surface area contributed by atoms with Crippen molar-refractivity contribution in [1.29, 1.82) is 0 Å². The second kappa shape index (κ2) is 6.97. The van der Waals surface area contributed by atoms with E-state index < -0.39 is 0 Å². The monoisotopic (exact) mass is 388 g/mol. The fraction of sp³-hybridized carbons (Fsp3) is 0.190. The summed E-state index contributed by atoms with van der Waals surface area (Å²) in [5.74, 6) is 0.822. The fourth-order valence-corrected chi connectivity index (χ4v) is 3.65. The van der Waals surface area contributed by atoms with Gasteiger partial charge in [-0.2, -0.15) is 10.1 Å². The lowest BCUT2D eigenvalue weighted by atomic mass is 10.2. The number of hydrogen-bond acceptors (Lipinski definition) is 6. The van der Waals surface area contributed by atoms with Crippen LogP contribution in [0.25, 0.3) is 16.7 Å². The molecule has 3 heterocycles. The van der Waals surface area contributed by atoms with E-state index in [2.05, 4.69) is 19.9 Å². The van der Waals surface area contributed by atoms with E-state index in [1.54, 1.807) is 23.0 Å². The minimum atomic E-state index is -0.187. The number of aromatic nitrogens is 4. The Labute approximate surface area is 166 Å². The molecule has 8 nitrogen and oxygen atoms in total. The first-order valence-electron chi connectivity index (χ1n) is 9.51. The number of aromatic amines is 1. The second-order valence-corrected chi connectivity index (χ2v) is 7.01. The number of rotatable bonds is 3. The van der Waals surface area contributed by atoms with E-state index in [9.17, 15) is 9.90 Å². The number of anilines is 2. The summed E-state index contributed by atoms with van der Waals surface area (Å²) in [6, 6.07) is 16.9. The number of phenolic OH excluding ortho intramolecular Hbond substituents is 1. The van der Waals surface area contributed by atoms with Crippen molar-refractivity contribution in [1.82, 2.24) is 19.7 Å². The fourth-order valence-electron chi connectivity index (χ4n) is 3.65. The molecular weight excluding hydrogens is 368 g/mol. The van der Waals surface area contributed by atoms with Crippen molar-refractivity contribution in [3.8, 4) is 11.4 Å². The van der Waals surface area contributed by atoms with Crippen molar-refractivity contribution in [2.75, 3.05) is 36.0 Å². The Bertz CT molecular complexity index is 1190. The summed E-state index contributed by atoms with van der Waals surface area (Å²) in [5.41, 5.74) is 2.30. The standard InChI is InChI=1S/C21H20N6O2/c28-17-8-6-15(7-9-17)25-10-12-26(13-11-25)21-23-19-18(20(29)24-21)14-22-27(19)16-4-2-1-3-5-16/h1-9,14,28H,10-13H2,(H,23,24,29). The molecule has 4 aromatic rings. The van der Waals surface area contributed by atoms with Crippen molar-refractivity contribution >= 4 is 22.7 Å². The summed E-state index contributed by atoms with van der Waals surface area (Å²) in [4.78, 5) is 24.6. The summed E-state index contributed by atoms with van der Waals surface area (Å²) in [6.07, 6.45) is 1.56. The highest BCUT2D eigenvalue weighted by Crippen LogP contribution is 2.22.